The van der Waals surface area contributed by atoms with Crippen molar-refractivity contribution in [1.29, 1.82) is 5.26 Å². The number of aryl methyl sites for hydroxylation is 1. The molecule has 0 radical (unpaired) electrons. The minimum absolute atomic E-state index is 0.238. The highest BCUT2D eigenvalue weighted by molar-refractivity contribution is 5.73. The maximum Gasteiger partial charge on any atom is 0.311 e. The van der Waals surface area contributed by atoms with E-state index >= 15 is 0 Å². The Balaban J connectivity index is 1.84. The molecular formula is C24H27NO4. The first-order chi connectivity index (χ1) is 13.9. The predicted octanol–water partition coefficient (Wildman–Crippen LogP) is 5.43. The number of carbonyl (C=O) groups is 1. The molecule has 0 fully saturated rings. The van der Waals surface area contributed by atoms with E-state index in [1.807, 2.05) is 18.2 Å². The van der Waals surface area contributed by atoms with Gasteiger partial charge >= 0.3 is 5.97 Å². The Hall–Kier alpha value is -3.26. The lowest BCUT2D eigenvalue weighted by atomic mass is 9.98. The van der Waals surface area contributed by atoms with E-state index in [1.165, 1.54) is 24.3 Å². The summed E-state index contributed by atoms with van der Waals surface area (Å²) in [7, 11) is 1.50. The van der Waals surface area contributed by atoms with E-state index in [1.54, 1.807) is 24.3 Å². The zero-order valence-electron chi connectivity index (χ0n) is 17.4. The Morgan fingerprint density at radius 2 is 1.97 bits per heavy atom. The van der Waals surface area contributed by atoms with E-state index in [4.69, 9.17) is 19.5 Å². The van der Waals surface area contributed by atoms with Gasteiger partial charge in [0, 0.05) is 12.5 Å². The van der Waals surface area contributed by atoms with Gasteiger partial charge in [-0.3, -0.25) is 4.79 Å². The van der Waals surface area contributed by atoms with Crippen molar-refractivity contribution in [1.82, 2.24) is 0 Å². The minimum Gasteiger partial charge on any atom is -0.494 e. The summed E-state index contributed by atoms with van der Waals surface area (Å²) in [4.78, 5) is 12.1. The molecule has 5 heteroatoms. The molecule has 0 saturated heterocycles. The number of methoxy groups -OCH3 is 1. The number of allylic oxidation sites excluding steroid dienone is 1. The van der Waals surface area contributed by atoms with Crippen molar-refractivity contribution in [3.8, 4) is 23.3 Å². The summed E-state index contributed by atoms with van der Waals surface area (Å²) in [5, 5.41) is 8.60. The average Bonchev–Trinajstić information content (AvgIpc) is 2.70. The Bertz CT molecular complexity index is 910. The molecule has 2 aromatic carbocycles. The summed E-state index contributed by atoms with van der Waals surface area (Å²) in [5.74, 6) is 1.73. The molecule has 152 valence electrons. The maximum absolute atomic E-state index is 12.1. The molecule has 0 aliphatic carbocycles. The summed E-state index contributed by atoms with van der Waals surface area (Å²) < 4.78 is 16.4. The highest BCUT2D eigenvalue weighted by Crippen LogP contribution is 2.29. The smallest absolute Gasteiger partial charge is 0.311 e. The molecule has 29 heavy (non-hydrogen) atoms. The van der Waals surface area contributed by atoms with Crippen molar-refractivity contribution in [2.75, 3.05) is 13.7 Å². The van der Waals surface area contributed by atoms with Crippen molar-refractivity contribution < 1.29 is 19.0 Å². The number of hydrogen-bond donors (Lipinski definition) is 0. The molecule has 0 unspecified atom stereocenters. The van der Waals surface area contributed by atoms with E-state index < -0.39 is 0 Å². The largest absolute Gasteiger partial charge is 0.494 e. The van der Waals surface area contributed by atoms with Crippen molar-refractivity contribution >= 4 is 12.0 Å². The van der Waals surface area contributed by atoms with E-state index in [2.05, 4.69) is 26.8 Å². The Kier molecular flexibility index (Phi) is 8.29. The Labute approximate surface area is 172 Å². The summed E-state index contributed by atoms with van der Waals surface area (Å²) in [5.41, 5.74) is 3.30. The molecule has 0 amide bonds. The van der Waals surface area contributed by atoms with Crippen LogP contribution in [0.2, 0.25) is 0 Å². The lowest BCUT2D eigenvalue weighted by molar-refractivity contribution is -0.134. The van der Waals surface area contributed by atoms with Crippen LogP contribution in [0.4, 0.5) is 0 Å². The van der Waals surface area contributed by atoms with Crippen LogP contribution in [0.1, 0.15) is 49.3 Å². The van der Waals surface area contributed by atoms with E-state index in [0.717, 1.165) is 11.3 Å². The second-order valence-corrected chi connectivity index (χ2v) is 6.97. The highest BCUT2D eigenvalue weighted by atomic mass is 16.6. The van der Waals surface area contributed by atoms with Crippen LogP contribution in [0, 0.1) is 18.3 Å². The molecule has 0 bridgehead atoms. The van der Waals surface area contributed by atoms with Gasteiger partial charge in [-0.1, -0.05) is 26.0 Å². The van der Waals surface area contributed by atoms with Gasteiger partial charge in [-0.05, 0) is 66.3 Å². The summed E-state index contributed by atoms with van der Waals surface area (Å²) in [6.07, 6.45) is 3.82. The Morgan fingerprint density at radius 3 is 2.62 bits per heavy atom. The van der Waals surface area contributed by atoms with Crippen LogP contribution < -0.4 is 14.2 Å². The number of nitriles is 1. The highest BCUT2D eigenvalue weighted by Gasteiger charge is 2.11. The second-order valence-electron chi connectivity index (χ2n) is 6.97. The molecule has 2 rings (SSSR count). The van der Waals surface area contributed by atoms with E-state index in [9.17, 15) is 4.79 Å². The van der Waals surface area contributed by atoms with Crippen molar-refractivity contribution in [2.24, 2.45) is 0 Å². The fourth-order valence-electron chi connectivity index (χ4n) is 2.97. The van der Waals surface area contributed by atoms with Crippen molar-refractivity contribution in [3.05, 3.63) is 59.2 Å². The fraction of sp³-hybridized carbons (Fsp3) is 0.333. The summed E-state index contributed by atoms with van der Waals surface area (Å²) >= 11 is 0. The van der Waals surface area contributed by atoms with Crippen LogP contribution in [0.15, 0.2) is 42.5 Å². The van der Waals surface area contributed by atoms with Crippen LogP contribution in [0.25, 0.3) is 6.08 Å². The quantitative estimate of drug-likeness (QED) is 0.246. The van der Waals surface area contributed by atoms with Gasteiger partial charge in [0.1, 0.15) is 5.75 Å². The van der Waals surface area contributed by atoms with Gasteiger partial charge in [0.05, 0.1) is 19.8 Å². The van der Waals surface area contributed by atoms with Gasteiger partial charge < -0.3 is 14.2 Å². The van der Waals surface area contributed by atoms with E-state index in [-0.39, 0.29) is 12.4 Å². The number of nitrogens with zero attached hydrogens (tertiary/aromatic N) is 1. The van der Waals surface area contributed by atoms with Crippen LogP contribution in [-0.2, 0) is 4.79 Å². The lowest BCUT2D eigenvalue weighted by Gasteiger charge is -2.12. The third kappa shape index (κ3) is 6.69. The van der Waals surface area contributed by atoms with Gasteiger partial charge in [0.15, 0.2) is 11.5 Å². The van der Waals surface area contributed by atoms with Gasteiger partial charge in [0.25, 0.3) is 0 Å². The van der Waals surface area contributed by atoms with Gasteiger partial charge in [-0.15, -0.1) is 0 Å². The maximum atomic E-state index is 12.1. The van der Waals surface area contributed by atoms with Gasteiger partial charge in [-0.25, -0.2) is 0 Å². The molecule has 0 saturated carbocycles. The third-order valence-corrected chi connectivity index (χ3v) is 4.42. The van der Waals surface area contributed by atoms with Crippen LogP contribution in [0.3, 0.4) is 0 Å². The summed E-state index contributed by atoms with van der Waals surface area (Å²) in [6, 6.07) is 13.1. The molecule has 0 atom stereocenters. The molecule has 0 spiro atoms. The first kappa shape index (κ1) is 22.0. The van der Waals surface area contributed by atoms with E-state index in [0.29, 0.717) is 30.4 Å². The number of rotatable bonds is 9. The molecule has 5 nitrogen and oxygen atoms in total. The van der Waals surface area contributed by atoms with Gasteiger partial charge in [0.2, 0.25) is 0 Å². The number of benzene rings is 2. The van der Waals surface area contributed by atoms with Crippen LogP contribution >= 0.6 is 0 Å². The van der Waals surface area contributed by atoms with Crippen molar-refractivity contribution in [3.63, 3.8) is 0 Å². The number of carbonyl (C=O) groups excluding carboxylic acids is 1. The average molecular weight is 393 g/mol. The van der Waals surface area contributed by atoms with Gasteiger partial charge in [-0.2, -0.15) is 5.26 Å². The zero-order valence-corrected chi connectivity index (χ0v) is 17.4. The number of esters is 1. The number of ether oxygens (including phenoxy) is 3. The minimum atomic E-state index is -0.349. The SMILES string of the molecule is COc1cc(/C=C\C#N)ccc1OC(=O)CCCOc1ccc(C(C)C)c(C)c1. The molecular weight excluding hydrogens is 366 g/mol. The van der Waals surface area contributed by atoms with Crippen LogP contribution in [-0.4, -0.2) is 19.7 Å². The van der Waals surface area contributed by atoms with Crippen molar-refractivity contribution in [2.45, 2.75) is 39.5 Å². The monoisotopic (exact) mass is 393 g/mol. The molecule has 0 aliphatic heterocycles. The molecule has 0 aromatic heterocycles. The fourth-order valence-corrected chi connectivity index (χ4v) is 2.97. The predicted molar refractivity (Wildman–Crippen MR) is 113 cm³/mol. The first-order valence-corrected chi connectivity index (χ1v) is 9.62. The number of hydrogen-bond acceptors (Lipinski definition) is 5. The normalized spacial score (nSPS) is 10.8. The van der Waals surface area contributed by atoms with Crippen LogP contribution in [0.5, 0.6) is 17.2 Å². The Morgan fingerprint density at radius 1 is 1.17 bits per heavy atom. The molecule has 0 aliphatic rings. The standard InChI is InChI=1S/C24H27NO4/c1-17(2)21-11-10-20(15-18(21)3)28-14-6-8-24(26)29-22-12-9-19(7-5-13-25)16-23(22)27-4/h5,7,9-12,15-17H,6,8,14H2,1-4H3/b7-5-. The molecule has 2 aromatic rings. The zero-order chi connectivity index (χ0) is 21.2. The molecule has 0 N–H and O–H groups in total. The molecule has 0 heterocycles. The first-order valence-electron chi connectivity index (χ1n) is 9.62. The lowest BCUT2D eigenvalue weighted by Crippen LogP contribution is -2.10. The summed E-state index contributed by atoms with van der Waals surface area (Å²) in [6.45, 7) is 6.85. The second kappa shape index (κ2) is 10.9. The topological polar surface area (TPSA) is 68.5 Å². The third-order valence-electron chi connectivity index (χ3n) is 4.42.